The number of hydrogen-bond donors (Lipinski definition) is 1. The number of anilines is 2. The standard InChI is InChI=1S/C20H20FN3O3S2/c1-24(29(2,26)27)17-10-6-15(7-11-17)18-13-28-20(22-18)23-19(25)12-5-14-3-8-16(21)9-4-14/h3-4,6-11,13H,5,12H2,1-2H3,(H,22,23,25). The molecule has 29 heavy (non-hydrogen) atoms. The third kappa shape index (κ3) is 5.61. The van der Waals surface area contributed by atoms with E-state index in [0.29, 0.717) is 22.9 Å². The number of carbonyl (C=O) groups is 1. The maximum Gasteiger partial charge on any atom is 0.231 e. The number of nitrogens with zero attached hydrogens (tertiary/aromatic N) is 2. The minimum absolute atomic E-state index is 0.166. The molecule has 0 saturated carbocycles. The molecule has 9 heteroatoms. The topological polar surface area (TPSA) is 79.4 Å². The molecule has 1 heterocycles. The largest absolute Gasteiger partial charge is 0.302 e. The third-order valence-corrected chi connectivity index (χ3v) is 6.29. The SMILES string of the molecule is CN(c1ccc(-c2csc(NC(=O)CCc3ccc(F)cc3)n2)cc1)S(C)(=O)=O. The summed E-state index contributed by atoms with van der Waals surface area (Å²) in [5.41, 5.74) is 2.96. The van der Waals surface area contributed by atoms with Crippen LogP contribution in [-0.2, 0) is 21.2 Å². The van der Waals surface area contributed by atoms with Gasteiger partial charge in [-0.15, -0.1) is 11.3 Å². The Bertz CT molecular complexity index is 1090. The van der Waals surface area contributed by atoms with Gasteiger partial charge in [0.05, 0.1) is 17.6 Å². The van der Waals surface area contributed by atoms with E-state index in [2.05, 4.69) is 10.3 Å². The van der Waals surface area contributed by atoms with Crippen molar-refractivity contribution in [1.82, 2.24) is 4.98 Å². The molecule has 0 aliphatic carbocycles. The van der Waals surface area contributed by atoms with Crippen LogP contribution in [0.2, 0.25) is 0 Å². The van der Waals surface area contributed by atoms with E-state index in [1.54, 1.807) is 36.4 Å². The Morgan fingerprint density at radius 1 is 1.14 bits per heavy atom. The van der Waals surface area contributed by atoms with Crippen molar-refractivity contribution in [2.24, 2.45) is 0 Å². The number of hydrogen-bond acceptors (Lipinski definition) is 5. The van der Waals surface area contributed by atoms with Gasteiger partial charge in [0.1, 0.15) is 5.82 Å². The van der Waals surface area contributed by atoms with Crippen molar-refractivity contribution in [2.75, 3.05) is 22.9 Å². The van der Waals surface area contributed by atoms with Gasteiger partial charge in [-0.1, -0.05) is 24.3 Å². The number of amides is 1. The first-order chi connectivity index (χ1) is 13.7. The number of carbonyl (C=O) groups excluding carboxylic acids is 1. The number of aromatic nitrogens is 1. The van der Waals surface area contributed by atoms with Crippen LogP contribution in [-0.4, -0.2) is 32.6 Å². The normalized spacial score (nSPS) is 11.3. The Labute approximate surface area is 173 Å². The highest BCUT2D eigenvalue weighted by Crippen LogP contribution is 2.27. The highest BCUT2D eigenvalue weighted by Gasteiger charge is 2.13. The third-order valence-electron chi connectivity index (χ3n) is 4.33. The molecule has 2 aromatic carbocycles. The molecule has 1 N–H and O–H groups in total. The first kappa shape index (κ1) is 20.9. The van der Waals surface area contributed by atoms with Gasteiger partial charge < -0.3 is 5.32 Å². The molecule has 0 radical (unpaired) electrons. The summed E-state index contributed by atoms with van der Waals surface area (Å²) in [7, 11) is -1.82. The number of thiazole rings is 1. The molecule has 0 spiro atoms. The molecule has 6 nitrogen and oxygen atoms in total. The van der Waals surface area contributed by atoms with Gasteiger partial charge in [0, 0.05) is 24.4 Å². The van der Waals surface area contributed by atoms with Crippen LogP contribution in [0.5, 0.6) is 0 Å². The van der Waals surface area contributed by atoms with Gasteiger partial charge >= 0.3 is 0 Å². The van der Waals surface area contributed by atoms with Gasteiger partial charge in [-0.2, -0.15) is 0 Å². The highest BCUT2D eigenvalue weighted by atomic mass is 32.2. The van der Waals surface area contributed by atoms with Crippen LogP contribution in [0.4, 0.5) is 15.2 Å². The van der Waals surface area contributed by atoms with Gasteiger partial charge in [-0.3, -0.25) is 9.10 Å². The molecule has 0 saturated heterocycles. The lowest BCUT2D eigenvalue weighted by molar-refractivity contribution is -0.116. The van der Waals surface area contributed by atoms with E-state index in [0.717, 1.165) is 17.4 Å². The molecule has 1 aromatic heterocycles. The van der Waals surface area contributed by atoms with Gasteiger partial charge in [-0.25, -0.2) is 17.8 Å². The van der Waals surface area contributed by atoms with Crippen LogP contribution < -0.4 is 9.62 Å². The smallest absolute Gasteiger partial charge is 0.231 e. The Morgan fingerprint density at radius 3 is 2.41 bits per heavy atom. The molecule has 0 fully saturated rings. The average Bonchev–Trinajstić information content (AvgIpc) is 3.15. The van der Waals surface area contributed by atoms with E-state index in [1.807, 2.05) is 5.38 Å². The van der Waals surface area contributed by atoms with Crippen LogP contribution in [0, 0.1) is 5.82 Å². The Balaban J connectivity index is 1.60. The maximum atomic E-state index is 12.9. The summed E-state index contributed by atoms with van der Waals surface area (Å²) < 4.78 is 37.3. The minimum Gasteiger partial charge on any atom is -0.302 e. The summed E-state index contributed by atoms with van der Waals surface area (Å²) in [5, 5.41) is 5.08. The number of sulfonamides is 1. The van der Waals surface area contributed by atoms with Crippen LogP contribution in [0.1, 0.15) is 12.0 Å². The van der Waals surface area contributed by atoms with E-state index in [1.165, 1.54) is 34.8 Å². The van der Waals surface area contributed by atoms with Crippen molar-refractivity contribution in [1.29, 1.82) is 0 Å². The number of rotatable bonds is 7. The number of halogens is 1. The van der Waals surface area contributed by atoms with Crippen molar-refractivity contribution in [3.05, 3.63) is 65.3 Å². The Hall–Kier alpha value is -2.78. The molecule has 0 atom stereocenters. The molecule has 0 bridgehead atoms. The summed E-state index contributed by atoms with van der Waals surface area (Å²) >= 11 is 1.31. The molecule has 0 unspecified atom stereocenters. The average molecular weight is 434 g/mol. The first-order valence-electron chi connectivity index (χ1n) is 8.76. The van der Waals surface area contributed by atoms with Crippen molar-refractivity contribution < 1.29 is 17.6 Å². The second-order valence-electron chi connectivity index (χ2n) is 6.49. The molecule has 3 aromatic rings. The fourth-order valence-corrected chi connectivity index (χ4v) is 3.83. The van der Waals surface area contributed by atoms with Crippen molar-refractivity contribution >= 4 is 38.1 Å². The Kier molecular flexibility index (Phi) is 6.29. The molecule has 0 aliphatic rings. The van der Waals surface area contributed by atoms with Crippen LogP contribution >= 0.6 is 11.3 Å². The predicted octanol–water partition coefficient (Wildman–Crippen LogP) is 3.92. The highest BCUT2D eigenvalue weighted by molar-refractivity contribution is 7.92. The summed E-state index contributed by atoms with van der Waals surface area (Å²) in [6, 6.07) is 13.0. The lowest BCUT2D eigenvalue weighted by atomic mass is 10.1. The molecular formula is C20H20FN3O3S2. The van der Waals surface area contributed by atoms with E-state index in [-0.39, 0.29) is 18.1 Å². The van der Waals surface area contributed by atoms with E-state index in [4.69, 9.17) is 0 Å². The van der Waals surface area contributed by atoms with Crippen molar-refractivity contribution in [3.63, 3.8) is 0 Å². The van der Waals surface area contributed by atoms with Crippen LogP contribution in [0.15, 0.2) is 53.9 Å². The summed E-state index contributed by atoms with van der Waals surface area (Å²) in [4.78, 5) is 16.5. The maximum absolute atomic E-state index is 12.9. The summed E-state index contributed by atoms with van der Waals surface area (Å²) in [6.45, 7) is 0. The first-order valence-corrected chi connectivity index (χ1v) is 11.5. The van der Waals surface area contributed by atoms with Crippen molar-refractivity contribution in [3.8, 4) is 11.3 Å². The molecule has 0 aliphatic heterocycles. The Morgan fingerprint density at radius 2 is 1.79 bits per heavy atom. The number of aryl methyl sites for hydroxylation is 1. The van der Waals surface area contributed by atoms with Crippen molar-refractivity contribution in [2.45, 2.75) is 12.8 Å². The zero-order valence-corrected chi connectivity index (χ0v) is 17.6. The minimum atomic E-state index is -3.32. The van der Waals surface area contributed by atoms with E-state index < -0.39 is 10.0 Å². The molecule has 1 amide bonds. The monoisotopic (exact) mass is 433 g/mol. The number of benzene rings is 2. The van der Waals surface area contributed by atoms with Gasteiger partial charge in [0.15, 0.2) is 5.13 Å². The van der Waals surface area contributed by atoms with Gasteiger partial charge in [0.2, 0.25) is 15.9 Å². The number of nitrogens with one attached hydrogen (secondary N) is 1. The van der Waals surface area contributed by atoms with Gasteiger partial charge in [0.25, 0.3) is 0 Å². The van der Waals surface area contributed by atoms with Crippen LogP contribution in [0.3, 0.4) is 0 Å². The fraction of sp³-hybridized carbons (Fsp3) is 0.200. The van der Waals surface area contributed by atoms with Crippen LogP contribution in [0.25, 0.3) is 11.3 Å². The predicted molar refractivity (Wildman–Crippen MR) is 114 cm³/mol. The molecular weight excluding hydrogens is 413 g/mol. The summed E-state index contributed by atoms with van der Waals surface area (Å²) in [6.07, 6.45) is 1.93. The van der Waals surface area contributed by atoms with Gasteiger partial charge in [-0.05, 0) is 36.2 Å². The summed E-state index contributed by atoms with van der Waals surface area (Å²) in [5.74, 6) is -0.468. The second kappa shape index (κ2) is 8.71. The zero-order valence-electron chi connectivity index (χ0n) is 15.9. The molecule has 3 rings (SSSR count). The van der Waals surface area contributed by atoms with E-state index in [9.17, 15) is 17.6 Å². The zero-order chi connectivity index (χ0) is 21.0. The lowest BCUT2D eigenvalue weighted by Gasteiger charge is -2.16. The molecule has 152 valence electrons. The fourth-order valence-electron chi connectivity index (χ4n) is 2.59. The van der Waals surface area contributed by atoms with E-state index >= 15 is 0 Å². The lowest BCUT2D eigenvalue weighted by Crippen LogP contribution is -2.24. The second-order valence-corrected chi connectivity index (χ2v) is 9.36. The quantitative estimate of drug-likeness (QED) is 0.613.